The minimum absolute atomic E-state index is 0.304. The Bertz CT molecular complexity index is 274. The summed E-state index contributed by atoms with van der Waals surface area (Å²) >= 11 is 0. The fraction of sp³-hybridized carbons (Fsp3) is 0.786. The lowest BCUT2D eigenvalue weighted by Crippen LogP contribution is -2.38. The normalized spacial score (nSPS) is 20.1. The molecule has 1 saturated heterocycles. The first kappa shape index (κ1) is 16.0. The van der Waals surface area contributed by atoms with E-state index in [-0.39, 0.29) is 0 Å². The van der Waals surface area contributed by atoms with Crippen LogP contribution in [-0.4, -0.2) is 52.0 Å². The Kier molecular flexibility index (Phi) is 9.10. The second kappa shape index (κ2) is 10.8. The fourth-order valence-electron chi connectivity index (χ4n) is 1.83. The van der Waals surface area contributed by atoms with Crippen LogP contribution in [0, 0.1) is 0 Å². The highest BCUT2D eigenvalue weighted by Crippen LogP contribution is 2.07. The summed E-state index contributed by atoms with van der Waals surface area (Å²) in [6, 6.07) is 0. The number of guanidine groups is 1. The molecule has 1 fully saturated rings. The highest BCUT2D eigenvalue weighted by molar-refractivity contribution is 5.79. The van der Waals surface area contributed by atoms with Crippen molar-refractivity contribution >= 4 is 5.96 Å². The molecule has 0 bridgehead atoms. The summed E-state index contributed by atoms with van der Waals surface area (Å²) in [7, 11) is 1.79. The minimum atomic E-state index is 0.304. The van der Waals surface area contributed by atoms with Gasteiger partial charge in [-0.1, -0.05) is 12.2 Å². The van der Waals surface area contributed by atoms with Crippen LogP contribution in [0.5, 0.6) is 0 Å². The Labute approximate surface area is 116 Å². The average molecular weight is 269 g/mol. The Morgan fingerprint density at radius 1 is 1.42 bits per heavy atom. The van der Waals surface area contributed by atoms with Crippen LogP contribution in [0.15, 0.2) is 17.1 Å². The van der Waals surface area contributed by atoms with Crippen molar-refractivity contribution in [1.82, 2.24) is 10.6 Å². The molecule has 0 aliphatic carbocycles. The Balaban J connectivity index is 1.96. The molecule has 19 heavy (non-hydrogen) atoms. The monoisotopic (exact) mass is 269 g/mol. The standard InChI is InChI=1S/C14H27N3O2/c1-3-4-5-8-16-14(15-2)17-9-6-10-19-13-7-11-18-12-13/h3-4,13H,5-12H2,1-2H3,(H2,15,16,17)/b4-3+. The molecule has 1 heterocycles. The maximum absolute atomic E-state index is 5.70. The third kappa shape index (κ3) is 7.85. The van der Waals surface area contributed by atoms with E-state index in [1.165, 1.54) is 0 Å². The Morgan fingerprint density at radius 2 is 2.26 bits per heavy atom. The van der Waals surface area contributed by atoms with Crippen molar-refractivity contribution in [2.75, 3.05) is 40.0 Å². The van der Waals surface area contributed by atoms with Crippen molar-refractivity contribution in [2.24, 2.45) is 4.99 Å². The average Bonchev–Trinajstić information content (AvgIpc) is 2.94. The number of nitrogens with zero attached hydrogens (tertiary/aromatic N) is 1. The predicted molar refractivity (Wildman–Crippen MR) is 78.6 cm³/mol. The second-order valence-electron chi connectivity index (χ2n) is 4.49. The number of nitrogens with one attached hydrogen (secondary N) is 2. The van der Waals surface area contributed by atoms with Crippen LogP contribution < -0.4 is 10.6 Å². The fourth-order valence-corrected chi connectivity index (χ4v) is 1.83. The third-order valence-corrected chi connectivity index (χ3v) is 2.92. The quantitative estimate of drug-likeness (QED) is 0.302. The maximum Gasteiger partial charge on any atom is 0.190 e. The number of aliphatic imine (C=N–C) groups is 1. The molecule has 1 aliphatic rings. The van der Waals surface area contributed by atoms with Gasteiger partial charge in [0, 0.05) is 33.4 Å². The summed E-state index contributed by atoms with van der Waals surface area (Å²) in [5.74, 6) is 0.855. The molecule has 0 aromatic carbocycles. The Hall–Kier alpha value is -1.07. The van der Waals surface area contributed by atoms with Crippen LogP contribution in [-0.2, 0) is 9.47 Å². The van der Waals surface area contributed by atoms with E-state index in [9.17, 15) is 0 Å². The molecule has 1 rings (SSSR count). The summed E-state index contributed by atoms with van der Waals surface area (Å²) in [5, 5.41) is 6.54. The van der Waals surface area contributed by atoms with Gasteiger partial charge in [0.05, 0.1) is 12.7 Å². The van der Waals surface area contributed by atoms with Crippen LogP contribution in [0.3, 0.4) is 0 Å². The van der Waals surface area contributed by atoms with Crippen molar-refractivity contribution in [3.8, 4) is 0 Å². The number of hydrogen-bond donors (Lipinski definition) is 2. The van der Waals surface area contributed by atoms with Gasteiger partial charge in [0.2, 0.25) is 0 Å². The lowest BCUT2D eigenvalue weighted by atomic mass is 10.3. The number of hydrogen-bond acceptors (Lipinski definition) is 3. The highest BCUT2D eigenvalue weighted by atomic mass is 16.5. The molecule has 0 saturated carbocycles. The molecule has 110 valence electrons. The van der Waals surface area contributed by atoms with Gasteiger partial charge >= 0.3 is 0 Å². The summed E-state index contributed by atoms with van der Waals surface area (Å²) in [5.41, 5.74) is 0. The van der Waals surface area contributed by atoms with Crippen molar-refractivity contribution in [1.29, 1.82) is 0 Å². The van der Waals surface area contributed by atoms with Crippen LogP contribution in [0.2, 0.25) is 0 Å². The molecule has 0 aromatic heterocycles. The van der Waals surface area contributed by atoms with E-state index in [0.29, 0.717) is 6.10 Å². The van der Waals surface area contributed by atoms with Crippen LogP contribution in [0.25, 0.3) is 0 Å². The topological polar surface area (TPSA) is 54.9 Å². The lowest BCUT2D eigenvalue weighted by Gasteiger charge is -2.12. The van der Waals surface area contributed by atoms with Crippen LogP contribution >= 0.6 is 0 Å². The van der Waals surface area contributed by atoms with E-state index in [0.717, 1.165) is 58.1 Å². The lowest BCUT2D eigenvalue weighted by molar-refractivity contribution is 0.0420. The molecule has 1 unspecified atom stereocenters. The molecule has 0 aromatic rings. The van der Waals surface area contributed by atoms with E-state index in [1.807, 2.05) is 6.92 Å². The summed E-state index contributed by atoms with van der Waals surface area (Å²) in [6.07, 6.45) is 7.52. The molecule has 0 amide bonds. The van der Waals surface area contributed by atoms with Crippen LogP contribution in [0.4, 0.5) is 0 Å². The van der Waals surface area contributed by atoms with Crippen molar-refractivity contribution in [3.63, 3.8) is 0 Å². The van der Waals surface area contributed by atoms with E-state index < -0.39 is 0 Å². The highest BCUT2D eigenvalue weighted by Gasteiger charge is 2.15. The van der Waals surface area contributed by atoms with Gasteiger partial charge in [0.1, 0.15) is 0 Å². The Morgan fingerprint density at radius 3 is 2.95 bits per heavy atom. The number of allylic oxidation sites excluding steroid dienone is 1. The maximum atomic E-state index is 5.70. The van der Waals surface area contributed by atoms with Gasteiger partial charge in [0.25, 0.3) is 0 Å². The zero-order valence-electron chi connectivity index (χ0n) is 12.2. The van der Waals surface area contributed by atoms with Gasteiger partial charge in [-0.2, -0.15) is 0 Å². The second-order valence-corrected chi connectivity index (χ2v) is 4.49. The van der Waals surface area contributed by atoms with Gasteiger partial charge in [-0.25, -0.2) is 0 Å². The molecular formula is C14H27N3O2. The number of rotatable bonds is 8. The summed E-state index contributed by atoms with van der Waals surface area (Å²) < 4.78 is 11.0. The van der Waals surface area contributed by atoms with E-state index in [2.05, 4.69) is 27.8 Å². The molecule has 1 aliphatic heterocycles. The molecule has 0 spiro atoms. The van der Waals surface area contributed by atoms with Gasteiger partial charge in [-0.3, -0.25) is 4.99 Å². The molecule has 5 heteroatoms. The van der Waals surface area contributed by atoms with Gasteiger partial charge in [0.15, 0.2) is 5.96 Å². The van der Waals surface area contributed by atoms with Crippen LogP contribution in [0.1, 0.15) is 26.2 Å². The molecule has 1 atom stereocenters. The molecule has 2 N–H and O–H groups in total. The van der Waals surface area contributed by atoms with E-state index in [4.69, 9.17) is 9.47 Å². The van der Waals surface area contributed by atoms with Crippen molar-refractivity contribution in [3.05, 3.63) is 12.2 Å². The zero-order chi connectivity index (χ0) is 13.8. The first-order chi connectivity index (χ1) is 9.36. The van der Waals surface area contributed by atoms with Crippen molar-refractivity contribution in [2.45, 2.75) is 32.3 Å². The molecule has 0 radical (unpaired) electrons. The van der Waals surface area contributed by atoms with Gasteiger partial charge in [-0.15, -0.1) is 0 Å². The summed E-state index contributed by atoms with van der Waals surface area (Å²) in [4.78, 5) is 4.17. The molecular weight excluding hydrogens is 242 g/mol. The van der Waals surface area contributed by atoms with E-state index >= 15 is 0 Å². The van der Waals surface area contributed by atoms with Gasteiger partial charge in [-0.05, 0) is 26.2 Å². The first-order valence-corrected chi connectivity index (χ1v) is 7.12. The predicted octanol–water partition coefficient (Wildman–Crippen LogP) is 1.31. The summed E-state index contributed by atoms with van der Waals surface area (Å²) in [6.45, 7) is 6.17. The minimum Gasteiger partial charge on any atom is -0.379 e. The number of ether oxygens (including phenoxy) is 2. The smallest absolute Gasteiger partial charge is 0.190 e. The third-order valence-electron chi connectivity index (χ3n) is 2.92. The molecule has 5 nitrogen and oxygen atoms in total. The van der Waals surface area contributed by atoms with E-state index in [1.54, 1.807) is 7.05 Å². The largest absolute Gasteiger partial charge is 0.379 e. The first-order valence-electron chi connectivity index (χ1n) is 7.12. The SMILES string of the molecule is C/C=C/CCNC(=NC)NCCCOC1CCOC1. The van der Waals surface area contributed by atoms with Crippen molar-refractivity contribution < 1.29 is 9.47 Å². The van der Waals surface area contributed by atoms with Gasteiger partial charge < -0.3 is 20.1 Å². The zero-order valence-corrected chi connectivity index (χ0v) is 12.2.